The first-order valence-electron chi connectivity index (χ1n) is 13.3. The van der Waals surface area contributed by atoms with Gasteiger partial charge in [-0.3, -0.25) is 4.98 Å². The molecular weight excluding hydrogens is 466 g/mol. The summed E-state index contributed by atoms with van der Waals surface area (Å²) in [4.78, 5) is 18.6. The Balaban J connectivity index is 1.20. The number of hydrogen-bond donors (Lipinski definition) is 0. The summed E-state index contributed by atoms with van der Waals surface area (Å²) in [5.74, 6) is 0.726. The molecule has 0 spiro atoms. The highest BCUT2D eigenvalue weighted by Gasteiger charge is 2.13. The van der Waals surface area contributed by atoms with Crippen LogP contribution in [-0.2, 0) is 19.4 Å². The van der Waals surface area contributed by atoms with Gasteiger partial charge in [0.25, 0.3) is 0 Å². The van der Waals surface area contributed by atoms with Crippen molar-refractivity contribution in [2.24, 2.45) is 0 Å². The number of benzene rings is 3. The maximum absolute atomic E-state index is 4.97. The number of aromatic nitrogens is 5. The average Bonchev–Trinajstić information content (AvgIpc) is 3.38. The average molecular weight is 492 g/mol. The fourth-order valence-corrected chi connectivity index (χ4v) is 6.08. The second-order valence-corrected chi connectivity index (χ2v) is 10.3. The second kappa shape index (κ2) is 8.45. The van der Waals surface area contributed by atoms with Crippen LogP contribution in [-0.4, -0.2) is 24.5 Å². The number of imidazole rings is 1. The van der Waals surface area contributed by atoms with E-state index in [0.717, 1.165) is 39.9 Å². The van der Waals surface area contributed by atoms with Crippen molar-refractivity contribution in [2.75, 3.05) is 0 Å². The third-order valence-electron chi connectivity index (χ3n) is 7.97. The predicted octanol–water partition coefficient (Wildman–Crippen LogP) is 4.83. The Hall–Kier alpha value is -4.64. The Kier molecular flexibility index (Phi) is 4.77. The lowest BCUT2D eigenvalue weighted by atomic mass is 9.88. The Morgan fingerprint density at radius 3 is 2.76 bits per heavy atom. The third kappa shape index (κ3) is 3.46. The minimum Gasteiger partial charge on any atom is -0.311 e. The molecule has 3 aromatic heterocycles. The van der Waals surface area contributed by atoms with Crippen molar-refractivity contribution in [3.05, 3.63) is 117 Å². The maximum atomic E-state index is 4.97. The lowest BCUT2D eigenvalue weighted by Crippen LogP contribution is -2.19. The summed E-state index contributed by atoms with van der Waals surface area (Å²) < 4.78 is 2.10. The van der Waals surface area contributed by atoms with Crippen LogP contribution >= 0.6 is 0 Å². The zero-order valence-electron chi connectivity index (χ0n) is 20.9. The van der Waals surface area contributed by atoms with Crippen LogP contribution in [0.15, 0.2) is 79.4 Å². The van der Waals surface area contributed by atoms with Gasteiger partial charge < -0.3 is 4.57 Å². The lowest BCUT2D eigenvalue weighted by Gasteiger charge is -2.16. The van der Waals surface area contributed by atoms with E-state index in [-0.39, 0.29) is 0 Å². The van der Waals surface area contributed by atoms with Crippen molar-refractivity contribution < 1.29 is 0 Å². The summed E-state index contributed by atoms with van der Waals surface area (Å²) in [5, 5.41) is 6.51. The van der Waals surface area contributed by atoms with E-state index in [9.17, 15) is 0 Å². The second-order valence-electron chi connectivity index (χ2n) is 10.3. The van der Waals surface area contributed by atoms with Gasteiger partial charge in [-0.15, -0.1) is 0 Å². The van der Waals surface area contributed by atoms with E-state index in [1.54, 1.807) is 5.56 Å². The Labute approximate surface area is 219 Å². The van der Waals surface area contributed by atoms with E-state index in [4.69, 9.17) is 4.98 Å². The number of hydrogen-bond acceptors (Lipinski definition) is 4. The molecule has 3 heterocycles. The molecule has 0 radical (unpaired) electrons. The largest absolute Gasteiger partial charge is 0.311 e. The molecule has 0 amide bonds. The molecule has 6 aromatic rings. The summed E-state index contributed by atoms with van der Waals surface area (Å²) in [5.41, 5.74) is 7.91. The topological polar surface area (TPSA) is 56.5 Å². The standard InChI is InChI=1S/C33H25N5/c1-2-6-26-22(4-1)8-12-29-27-11-10-25(17-23(27)9-13-28(26)29)32-35-18-31-33(37-32)38(20-36-31)19-21-7-14-30-24(16-21)5-3-15-34-30/h3-5,7-12,14-18,20H,1-2,6,13,19H2. The molecule has 0 saturated heterocycles. The van der Waals surface area contributed by atoms with Gasteiger partial charge in [-0.2, -0.15) is 0 Å². The molecule has 2 aliphatic rings. The molecule has 0 bridgehead atoms. The van der Waals surface area contributed by atoms with Crippen molar-refractivity contribution in [3.8, 4) is 11.4 Å². The summed E-state index contributed by atoms with van der Waals surface area (Å²) in [7, 11) is 0. The first-order chi connectivity index (χ1) is 18.8. The molecule has 0 N–H and O–H groups in total. The van der Waals surface area contributed by atoms with Crippen molar-refractivity contribution in [2.45, 2.75) is 32.2 Å². The van der Waals surface area contributed by atoms with Gasteiger partial charge in [0.1, 0.15) is 5.52 Å². The number of pyridine rings is 1. The van der Waals surface area contributed by atoms with Crippen LogP contribution < -0.4 is 10.4 Å². The normalized spacial score (nSPS) is 13.9. The number of fused-ring (bicyclic) bond motifs is 6. The molecule has 3 aromatic carbocycles. The molecule has 5 heteroatoms. The molecule has 5 nitrogen and oxygen atoms in total. The van der Waals surface area contributed by atoms with Crippen molar-refractivity contribution in [1.29, 1.82) is 0 Å². The van der Waals surface area contributed by atoms with Crippen LogP contribution in [0.2, 0.25) is 0 Å². The molecule has 0 fully saturated rings. The predicted molar refractivity (Wildman–Crippen MR) is 151 cm³/mol. The first kappa shape index (κ1) is 21.4. The molecule has 182 valence electrons. The van der Waals surface area contributed by atoms with Crippen molar-refractivity contribution >= 4 is 34.2 Å². The monoisotopic (exact) mass is 491 g/mol. The van der Waals surface area contributed by atoms with Crippen molar-refractivity contribution in [3.63, 3.8) is 0 Å². The highest BCUT2D eigenvalue weighted by molar-refractivity contribution is 5.79. The van der Waals surface area contributed by atoms with Crippen LogP contribution in [0.4, 0.5) is 0 Å². The van der Waals surface area contributed by atoms with Crippen molar-refractivity contribution in [1.82, 2.24) is 24.5 Å². The zero-order chi connectivity index (χ0) is 25.1. The fraction of sp³-hybridized carbons (Fsp3) is 0.152. The third-order valence-corrected chi connectivity index (χ3v) is 7.97. The molecule has 38 heavy (non-hydrogen) atoms. The van der Waals surface area contributed by atoms with Crippen LogP contribution in [0.5, 0.6) is 0 Å². The van der Waals surface area contributed by atoms with E-state index in [0.29, 0.717) is 6.54 Å². The molecule has 2 aliphatic carbocycles. The van der Waals surface area contributed by atoms with Gasteiger partial charge >= 0.3 is 0 Å². The van der Waals surface area contributed by atoms with Gasteiger partial charge in [0, 0.05) is 17.1 Å². The van der Waals surface area contributed by atoms with Gasteiger partial charge in [-0.1, -0.05) is 48.6 Å². The highest BCUT2D eigenvalue weighted by Crippen LogP contribution is 2.22. The highest BCUT2D eigenvalue weighted by atomic mass is 15.1. The fourth-order valence-electron chi connectivity index (χ4n) is 6.08. The summed E-state index contributed by atoms with van der Waals surface area (Å²) in [6, 6.07) is 21.7. The van der Waals surface area contributed by atoms with Gasteiger partial charge in [-0.25, -0.2) is 15.0 Å². The van der Waals surface area contributed by atoms with E-state index >= 15 is 0 Å². The van der Waals surface area contributed by atoms with E-state index < -0.39 is 0 Å². The summed E-state index contributed by atoms with van der Waals surface area (Å²) in [6.07, 6.45) is 14.9. The Morgan fingerprint density at radius 1 is 0.789 bits per heavy atom. The summed E-state index contributed by atoms with van der Waals surface area (Å²) in [6.45, 7) is 0.689. The van der Waals surface area contributed by atoms with E-state index in [1.165, 1.54) is 51.3 Å². The van der Waals surface area contributed by atoms with Gasteiger partial charge in [0.05, 0.1) is 24.6 Å². The SMILES string of the molecule is C1=c2ccc3c(c2CCC1)CC=c1cc(-c2ncc4ncn(Cc5ccc6ncccc6c5)c4n2)ccc1=3. The molecule has 0 aliphatic heterocycles. The molecule has 8 rings (SSSR count). The smallest absolute Gasteiger partial charge is 0.164 e. The Morgan fingerprint density at radius 2 is 1.76 bits per heavy atom. The minimum atomic E-state index is 0.689. The van der Waals surface area contributed by atoms with E-state index in [2.05, 4.69) is 86.3 Å². The number of nitrogens with zero attached hydrogens (tertiary/aromatic N) is 5. The van der Waals surface area contributed by atoms with E-state index in [1.807, 2.05) is 24.8 Å². The Bertz CT molecular complexity index is 2120. The molecule has 0 unspecified atom stereocenters. The van der Waals surface area contributed by atoms with Crippen LogP contribution in [0.25, 0.3) is 45.6 Å². The minimum absolute atomic E-state index is 0.689. The quantitative estimate of drug-likeness (QED) is 0.356. The molecular formula is C33H25N5. The van der Waals surface area contributed by atoms with Gasteiger partial charge in [-0.05, 0) is 87.5 Å². The van der Waals surface area contributed by atoms with Gasteiger partial charge in [0.2, 0.25) is 0 Å². The molecule has 0 saturated carbocycles. The van der Waals surface area contributed by atoms with Crippen LogP contribution in [0, 0.1) is 10.4 Å². The zero-order valence-corrected chi connectivity index (χ0v) is 20.9. The lowest BCUT2D eigenvalue weighted by molar-refractivity contribution is 0.814. The summed E-state index contributed by atoms with van der Waals surface area (Å²) >= 11 is 0. The van der Waals surface area contributed by atoms with Crippen LogP contribution in [0.3, 0.4) is 0 Å². The van der Waals surface area contributed by atoms with Gasteiger partial charge in [0.15, 0.2) is 11.5 Å². The molecule has 0 atom stereocenters. The van der Waals surface area contributed by atoms with Crippen LogP contribution in [0.1, 0.15) is 29.5 Å². The maximum Gasteiger partial charge on any atom is 0.164 e. The first-order valence-corrected chi connectivity index (χ1v) is 13.3. The number of rotatable bonds is 3.